The Hall–Kier alpha value is -0.820. The highest BCUT2D eigenvalue weighted by atomic mass is 19.4. The molecule has 0 aliphatic rings. The highest BCUT2D eigenvalue weighted by Gasteiger charge is 2.55. The molecule has 1 amide bonds. The number of carbonyl (C=O) groups is 1. The molecule has 0 aromatic carbocycles. The predicted molar refractivity (Wildman–Crippen MR) is 29.0 cm³/mol. The van der Waals surface area contributed by atoms with E-state index in [9.17, 15) is 18.0 Å². The Morgan fingerprint density at radius 2 is 1.91 bits per heavy atom. The third-order valence-electron chi connectivity index (χ3n) is 1.13. The smallest absolute Gasteiger partial charge is 0.373 e. The number of nitrogens with one attached hydrogen (secondary N) is 1. The Labute approximate surface area is 60.1 Å². The van der Waals surface area contributed by atoms with E-state index in [-0.39, 0.29) is 0 Å². The van der Waals surface area contributed by atoms with Crippen LogP contribution in [0.15, 0.2) is 0 Å². The van der Waals surface area contributed by atoms with Crippen LogP contribution in [0.5, 0.6) is 0 Å². The van der Waals surface area contributed by atoms with Crippen LogP contribution in [0.1, 0.15) is 6.92 Å². The number of halogens is 3. The number of hydrogen-bond acceptors (Lipinski definition) is 3. The number of nitrogens with two attached hydrogens (primary N) is 1. The molecule has 0 aliphatic heterocycles. The van der Waals surface area contributed by atoms with Gasteiger partial charge in [-0.1, -0.05) is 0 Å². The minimum atomic E-state index is -5.02. The number of rotatable bonds is 1. The highest BCUT2D eigenvalue weighted by Crippen LogP contribution is 2.29. The van der Waals surface area contributed by atoms with Gasteiger partial charge in [0.15, 0.2) is 0 Å². The van der Waals surface area contributed by atoms with Crippen LogP contribution < -0.4 is 11.3 Å². The first-order valence-electron chi connectivity index (χ1n) is 2.53. The maximum Gasteiger partial charge on any atom is 0.426 e. The molecule has 0 rings (SSSR count). The lowest BCUT2D eigenvalue weighted by molar-refractivity contribution is -0.245. The molecule has 1 atom stereocenters. The van der Waals surface area contributed by atoms with Gasteiger partial charge in [0.2, 0.25) is 5.60 Å². The van der Waals surface area contributed by atoms with Crippen LogP contribution in [0.3, 0.4) is 0 Å². The summed E-state index contributed by atoms with van der Waals surface area (Å²) in [5.74, 6) is 2.71. The van der Waals surface area contributed by atoms with E-state index < -0.39 is 17.7 Å². The SMILES string of the molecule is C[C@](O)(C(=O)NN)C(F)(F)F. The summed E-state index contributed by atoms with van der Waals surface area (Å²) in [6.45, 7) is 0.315. The molecule has 0 aromatic rings. The van der Waals surface area contributed by atoms with Gasteiger partial charge >= 0.3 is 6.18 Å². The largest absolute Gasteiger partial charge is 0.426 e. The molecule has 0 saturated heterocycles. The molecular weight excluding hydrogens is 165 g/mol. The summed E-state index contributed by atoms with van der Waals surface area (Å²) in [6.07, 6.45) is -5.02. The maximum atomic E-state index is 11.7. The van der Waals surface area contributed by atoms with Crippen molar-refractivity contribution in [2.24, 2.45) is 5.84 Å². The number of hydrazine groups is 1. The number of amides is 1. The highest BCUT2D eigenvalue weighted by molar-refractivity contribution is 5.84. The predicted octanol–water partition coefficient (Wildman–Crippen LogP) is -0.710. The molecule has 0 bridgehead atoms. The first-order valence-corrected chi connectivity index (χ1v) is 2.53. The van der Waals surface area contributed by atoms with E-state index in [0.29, 0.717) is 6.92 Å². The molecule has 0 radical (unpaired) electrons. The summed E-state index contributed by atoms with van der Waals surface area (Å²) < 4.78 is 35.1. The van der Waals surface area contributed by atoms with Gasteiger partial charge in [-0.15, -0.1) is 0 Å². The summed E-state index contributed by atoms with van der Waals surface area (Å²) in [4.78, 5) is 10.3. The van der Waals surface area contributed by atoms with Crippen molar-refractivity contribution >= 4 is 5.91 Å². The minimum Gasteiger partial charge on any atom is -0.373 e. The normalized spacial score (nSPS) is 17.3. The fourth-order valence-corrected chi connectivity index (χ4v) is 0.269. The lowest BCUT2D eigenvalue weighted by Crippen LogP contribution is -2.56. The van der Waals surface area contributed by atoms with Gasteiger partial charge in [-0.3, -0.25) is 10.2 Å². The Bertz CT molecular complexity index is 165. The number of carbonyl (C=O) groups excluding carboxylic acids is 1. The van der Waals surface area contributed by atoms with Crippen LogP contribution >= 0.6 is 0 Å². The van der Waals surface area contributed by atoms with Crippen molar-refractivity contribution in [3.05, 3.63) is 0 Å². The van der Waals surface area contributed by atoms with E-state index >= 15 is 0 Å². The second kappa shape index (κ2) is 2.67. The Morgan fingerprint density at radius 3 is 2.00 bits per heavy atom. The number of hydrogen-bond donors (Lipinski definition) is 3. The molecule has 4 N–H and O–H groups in total. The minimum absolute atomic E-state index is 0.315. The van der Waals surface area contributed by atoms with Gasteiger partial charge < -0.3 is 5.11 Å². The van der Waals surface area contributed by atoms with Crippen molar-refractivity contribution in [3.8, 4) is 0 Å². The summed E-state index contributed by atoms with van der Waals surface area (Å²) in [6, 6.07) is 0. The van der Waals surface area contributed by atoms with Crippen LogP contribution in [0.2, 0.25) is 0 Å². The molecule has 0 aliphatic carbocycles. The third-order valence-corrected chi connectivity index (χ3v) is 1.13. The number of aliphatic hydroxyl groups is 1. The molecule has 0 aromatic heterocycles. The van der Waals surface area contributed by atoms with Gasteiger partial charge in [0.1, 0.15) is 0 Å². The summed E-state index contributed by atoms with van der Waals surface area (Å²) in [5, 5.41) is 8.50. The van der Waals surface area contributed by atoms with E-state index in [1.807, 2.05) is 0 Å². The first-order chi connectivity index (χ1) is 4.73. The van der Waals surface area contributed by atoms with Crippen LogP contribution in [0.25, 0.3) is 0 Å². The maximum absolute atomic E-state index is 11.7. The third kappa shape index (κ3) is 1.81. The molecule has 0 unspecified atom stereocenters. The molecule has 0 heterocycles. The zero-order valence-electron chi connectivity index (χ0n) is 5.57. The van der Waals surface area contributed by atoms with Gasteiger partial charge in [-0.25, -0.2) is 5.84 Å². The van der Waals surface area contributed by atoms with E-state index in [4.69, 9.17) is 5.11 Å². The van der Waals surface area contributed by atoms with Crippen molar-refractivity contribution in [2.75, 3.05) is 0 Å². The van der Waals surface area contributed by atoms with Crippen LogP contribution in [0, 0.1) is 0 Å². The monoisotopic (exact) mass is 172 g/mol. The molecule has 11 heavy (non-hydrogen) atoms. The van der Waals surface area contributed by atoms with E-state index in [2.05, 4.69) is 5.84 Å². The summed E-state index contributed by atoms with van der Waals surface area (Å²) in [7, 11) is 0. The van der Waals surface area contributed by atoms with Crippen molar-refractivity contribution in [1.82, 2.24) is 5.43 Å². The van der Waals surface area contributed by atoms with Crippen LogP contribution in [-0.4, -0.2) is 22.8 Å². The lowest BCUT2D eigenvalue weighted by Gasteiger charge is -2.23. The molecule has 0 saturated carbocycles. The molecule has 4 nitrogen and oxygen atoms in total. The summed E-state index contributed by atoms with van der Waals surface area (Å²) in [5.41, 5.74) is -2.23. The Morgan fingerprint density at radius 1 is 1.55 bits per heavy atom. The fraction of sp³-hybridized carbons (Fsp3) is 0.750. The average molecular weight is 172 g/mol. The standard InChI is InChI=1S/C4H7F3N2O2/c1-3(11,2(10)9-8)4(5,6)7/h11H,8H2,1H3,(H,9,10)/t3-/m0/s1. The van der Waals surface area contributed by atoms with Gasteiger partial charge in [-0.05, 0) is 6.92 Å². The molecule has 66 valence electrons. The van der Waals surface area contributed by atoms with Crippen LogP contribution in [-0.2, 0) is 4.79 Å². The molecule has 7 heteroatoms. The van der Waals surface area contributed by atoms with Gasteiger partial charge in [0.25, 0.3) is 5.91 Å². The van der Waals surface area contributed by atoms with Gasteiger partial charge in [0.05, 0.1) is 0 Å². The first kappa shape index (κ1) is 10.2. The fourth-order valence-electron chi connectivity index (χ4n) is 0.269. The van der Waals surface area contributed by atoms with E-state index in [0.717, 1.165) is 0 Å². The molecule has 0 fully saturated rings. The Kier molecular flexibility index (Phi) is 2.47. The zero-order chi connectivity index (χ0) is 9.28. The average Bonchev–Trinajstić information content (AvgIpc) is 1.83. The van der Waals surface area contributed by atoms with Crippen molar-refractivity contribution < 1.29 is 23.1 Å². The quantitative estimate of drug-likeness (QED) is 0.278. The van der Waals surface area contributed by atoms with E-state index in [1.165, 1.54) is 5.43 Å². The second-order valence-electron chi connectivity index (χ2n) is 2.04. The zero-order valence-corrected chi connectivity index (χ0v) is 5.57. The van der Waals surface area contributed by atoms with Gasteiger partial charge in [-0.2, -0.15) is 13.2 Å². The second-order valence-corrected chi connectivity index (χ2v) is 2.04. The van der Waals surface area contributed by atoms with Gasteiger partial charge in [0, 0.05) is 0 Å². The Balaban J connectivity index is 4.59. The topological polar surface area (TPSA) is 75.3 Å². The molecular formula is C4H7F3N2O2. The van der Waals surface area contributed by atoms with Crippen molar-refractivity contribution in [1.29, 1.82) is 0 Å². The molecule has 0 spiro atoms. The lowest BCUT2D eigenvalue weighted by atomic mass is 10.1. The van der Waals surface area contributed by atoms with E-state index in [1.54, 1.807) is 0 Å². The van der Waals surface area contributed by atoms with Crippen molar-refractivity contribution in [2.45, 2.75) is 18.7 Å². The van der Waals surface area contributed by atoms with Crippen LogP contribution in [0.4, 0.5) is 13.2 Å². The van der Waals surface area contributed by atoms with Crippen molar-refractivity contribution in [3.63, 3.8) is 0 Å². The summed E-state index contributed by atoms with van der Waals surface area (Å²) >= 11 is 0. The number of alkyl halides is 3.